The van der Waals surface area contributed by atoms with Crippen molar-refractivity contribution in [3.63, 3.8) is 0 Å². The largest absolute Gasteiger partial charge is 0.476 e. The fourth-order valence-corrected chi connectivity index (χ4v) is 3.48. The number of carbonyl (C=O) groups is 1. The summed E-state index contributed by atoms with van der Waals surface area (Å²) in [6.07, 6.45) is 5.95. The van der Waals surface area contributed by atoms with Crippen molar-refractivity contribution in [1.82, 2.24) is 14.9 Å². The molecule has 0 saturated carbocycles. The average Bonchev–Trinajstić information content (AvgIpc) is 3.42. The highest BCUT2D eigenvalue weighted by Crippen LogP contribution is 2.23. The van der Waals surface area contributed by atoms with Gasteiger partial charge in [-0.05, 0) is 61.3 Å². The Kier molecular flexibility index (Phi) is 6.12. The Balaban J connectivity index is 1.30. The molecule has 150 valence electrons. The lowest BCUT2D eigenvalue weighted by atomic mass is 10.1. The van der Waals surface area contributed by atoms with Crippen LogP contribution >= 0.6 is 11.6 Å². The summed E-state index contributed by atoms with van der Waals surface area (Å²) in [6, 6.07) is 12.8. The van der Waals surface area contributed by atoms with Crippen LogP contribution < -0.4 is 10.1 Å². The highest BCUT2D eigenvalue weighted by molar-refractivity contribution is 6.30. The lowest BCUT2D eigenvalue weighted by Crippen LogP contribution is -2.25. The van der Waals surface area contributed by atoms with Crippen LogP contribution in [0.2, 0.25) is 5.02 Å². The molecule has 0 bridgehead atoms. The van der Waals surface area contributed by atoms with Gasteiger partial charge in [-0.15, -0.1) is 0 Å². The first kappa shape index (κ1) is 19.5. The van der Waals surface area contributed by atoms with Crippen LogP contribution in [0.3, 0.4) is 0 Å². The summed E-state index contributed by atoms with van der Waals surface area (Å²) in [7, 11) is 0. The van der Waals surface area contributed by atoms with Crippen LogP contribution in [-0.4, -0.2) is 47.0 Å². The molecule has 3 aromatic rings. The smallest absolute Gasteiger partial charge is 0.272 e. The van der Waals surface area contributed by atoms with Gasteiger partial charge in [-0.25, -0.2) is 4.98 Å². The third-order valence-corrected chi connectivity index (χ3v) is 5.21. The monoisotopic (exact) mass is 410 g/mol. The van der Waals surface area contributed by atoms with Crippen LogP contribution in [0.1, 0.15) is 23.3 Å². The minimum absolute atomic E-state index is 0.227. The van der Waals surface area contributed by atoms with E-state index in [2.05, 4.69) is 20.2 Å². The topological polar surface area (TPSA) is 70.2 Å². The maximum absolute atomic E-state index is 12.5. The van der Waals surface area contributed by atoms with E-state index in [1.807, 2.05) is 30.3 Å². The first-order valence-corrected chi connectivity index (χ1v) is 10.1. The van der Waals surface area contributed by atoms with E-state index in [9.17, 15) is 4.79 Å². The quantitative estimate of drug-likeness (QED) is 0.603. The number of aromatic amines is 1. The Morgan fingerprint density at radius 1 is 1.14 bits per heavy atom. The summed E-state index contributed by atoms with van der Waals surface area (Å²) >= 11 is 5.92. The van der Waals surface area contributed by atoms with E-state index in [1.165, 1.54) is 12.8 Å². The van der Waals surface area contributed by atoms with Crippen molar-refractivity contribution in [3.05, 3.63) is 65.6 Å². The Labute approximate surface area is 174 Å². The van der Waals surface area contributed by atoms with Gasteiger partial charge < -0.3 is 15.0 Å². The number of anilines is 1. The van der Waals surface area contributed by atoms with Gasteiger partial charge in [0.1, 0.15) is 12.3 Å². The number of pyridine rings is 1. The number of nitrogens with zero attached hydrogens (tertiary/aromatic N) is 2. The predicted octanol–water partition coefficient (Wildman–Crippen LogP) is 4.46. The molecule has 1 amide bonds. The molecule has 2 aromatic heterocycles. The van der Waals surface area contributed by atoms with Gasteiger partial charge in [-0.3, -0.25) is 9.69 Å². The van der Waals surface area contributed by atoms with E-state index < -0.39 is 0 Å². The van der Waals surface area contributed by atoms with Crippen LogP contribution in [-0.2, 0) is 0 Å². The molecule has 0 spiro atoms. The average molecular weight is 411 g/mol. The van der Waals surface area contributed by atoms with Gasteiger partial charge >= 0.3 is 0 Å². The molecule has 1 aliphatic rings. The summed E-state index contributed by atoms with van der Waals surface area (Å²) in [5.41, 5.74) is 3.00. The molecule has 29 heavy (non-hydrogen) atoms. The lowest BCUT2D eigenvalue weighted by molar-refractivity contribution is 0.102. The van der Waals surface area contributed by atoms with Gasteiger partial charge in [0.2, 0.25) is 5.88 Å². The third-order valence-electron chi connectivity index (χ3n) is 4.96. The zero-order chi connectivity index (χ0) is 20.1. The number of ether oxygens (including phenoxy) is 1. The van der Waals surface area contributed by atoms with Crippen molar-refractivity contribution in [2.75, 3.05) is 31.6 Å². The minimum atomic E-state index is -0.227. The molecule has 0 unspecified atom stereocenters. The van der Waals surface area contributed by atoms with Crippen molar-refractivity contribution in [3.8, 4) is 17.0 Å². The molecule has 3 heterocycles. The second-order valence-electron chi connectivity index (χ2n) is 7.05. The fraction of sp³-hybridized carbons (Fsp3) is 0.273. The van der Waals surface area contributed by atoms with E-state index in [0.717, 1.165) is 30.8 Å². The number of amides is 1. The molecule has 1 saturated heterocycles. The van der Waals surface area contributed by atoms with Crippen molar-refractivity contribution >= 4 is 23.2 Å². The van der Waals surface area contributed by atoms with Crippen molar-refractivity contribution in [2.24, 2.45) is 0 Å². The summed E-state index contributed by atoms with van der Waals surface area (Å²) in [4.78, 5) is 22.2. The zero-order valence-electron chi connectivity index (χ0n) is 16.0. The number of H-pyrrole nitrogens is 1. The highest BCUT2D eigenvalue weighted by atomic mass is 35.5. The van der Waals surface area contributed by atoms with Gasteiger partial charge in [-0.1, -0.05) is 23.7 Å². The first-order valence-electron chi connectivity index (χ1n) is 9.74. The molecule has 4 rings (SSSR count). The number of carbonyl (C=O) groups excluding carboxylic acids is 1. The van der Waals surface area contributed by atoms with Crippen LogP contribution in [0.5, 0.6) is 5.88 Å². The molecule has 6 nitrogen and oxygen atoms in total. The van der Waals surface area contributed by atoms with E-state index in [4.69, 9.17) is 16.3 Å². The number of benzene rings is 1. The lowest BCUT2D eigenvalue weighted by Gasteiger charge is -2.14. The Bertz CT molecular complexity index is 948. The molecular formula is C22H23ClN4O2. The second kappa shape index (κ2) is 9.11. The molecule has 2 N–H and O–H groups in total. The maximum Gasteiger partial charge on any atom is 0.272 e. The molecule has 1 fully saturated rings. The molecule has 1 aromatic carbocycles. The summed E-state index contributed by atoms with van der Waals surface area (Å²) in [5, 5.41) is 3.52. The van der Waals surface area contributed by atoms with Crippen molar-refractivity contribution in [2.45, 2.75) is 12.8 Å². The SMILES string of the molecule is O=C(Nc1ccc(OCCN2CCCC2)nc1)c1cc(-c2ccc(Cl)cc2)c[nH]1. The minimum Gasteiger partial charge on any atom is -0.476 e. The van der Waals surface area contributed by atoms with Gasteiger partial charge in [0.15, 0.2) is 0 Å². The third kappa shape index (κ3) is 5.16. The van der Waals surface area contributed by atoms with Gasteiger partial charge in [0, 0.05) is 23.8 Å². The van der Waals surface area contributed by atoms with Crippen LogP contribution in [0, 0.1) is 0 Å². The van der Waals surface area contributed by atoms with Crippen molar-refractivity contribution < 1.29 is 9.53 Å². The van der Waals surface area contributed by atoms with Crippen LogP contribution in [0.15, 0.2) is 54.9 Å². The molecule has 0 aliphatic carbocycles. The normalized spacial score (nSPS) is 14.1. The molecule has 1 aliphatic heterocycles. The number of likely N-dealkylation sites (tertiary alicyclic amines) is 1. The number of hydrogen-bond donors (Lipinski definition) is 2. The zero-order valence-corrected chi connectivity index (χ0v) is 16.8. The van der Waals surface area contributed by atoms with Gasteiger partial charge in [0.05, 0.1) is 11.9 Å². The van der Waals surface area contributed by atoms with E-state index in [-0.39, 0.29) is 5.91 Å². The number of halogens is 1. The molecule has 7 heteroatoms. The highest BCUT2D eigenvalue weighted by Gasteiger charge is 2.12. The number of hydrogen-bond acceptors (Lipinski definition) is 4. The maximum atomic E-state index is 12.5. The van der Waals surface area contributed by atoms with Crippen LogP contribution in [0.4, 0.5) is 5.69 Å². The van der Waals surface area contributed by atoms with Crippen molar-refractivity contribution in [1.29, 1.82) is 0 Å². The molecular weight excluding hydrogens is 388 g/mol. The molecule has 0 radical (unpaired) electrons. The van der Waals surface area contributed by atoms with E-state index in [1.54, 1.807) is 24.5 Å². The number of aromatic nitrogens is 2. The first-order chi connectivity index (χ1) is 14.2. The van der Waals surface area contributed by atoms with Gasteiger partial charge in [0.25, 0.3) is 5.91 Å². The summed E-state index contributed by atoms with van der Waals surface area (Å²) in [6.45, 7) is 3.85. The Morgan fingerprint density at radius 2 is 1.93 bits per heavy atom. The predicted molar refractivity (Wildman–Crippen MR) is 115 cm³/mol. The summed E-state index contributed by atoms with van der Waals surface area (Å²) in [5.74, 6) is 0.335. The summed E-state index contributed by atoms with van der Waals surface area (Å²) < 4.78 is 5.69. The fourth-order valence-electron chi connectivity index (χ4n) is 3.36. The molecule has 0 atom stereocenters. The van der Waals surface area contributed by atoms with E-state index in [0.29, 0.717) is 28.9 Å². The number of rotatable bonds is 7. The van der Waals surface area contributed by atoms with E-state index >= 15 is 0 Å². The Hall–Kier alpha value is -2.83. The van der Waals surface area contributed by atoms with Crippen LogP contribution in [0.25, 0.3) is 11.1 Å². The standard InChI is InChI=1S/C22H23ClN4O2/c23-18-5-3-16(4-6-18)17-13-20(24-14-17)22(28)26-19-7-8-21(25-15-19)29-12-11-27-9-1-2-10-27/h3-8,13-15,24H,1-2,9-12H2,(H,26,28). The Morgan fingerprint density at radius 3 is 2.66 bits per heavy atom. The van der Waals surface area contributed by atoms with Gasteiger partial charge in [-0.2, -0.15) is 0 Å². The number of nitrogens with one attached hydrogen (secondary N) is 2. The second-order valence-corrected chi connectivity index (χ2v) is 7.48.